The van der Waals surface area contributed by atoms with Gasteiger partial charge in [0, 0.05) is 29.3 Å². The van der Waals surface area contributed by atoms with E-state index >= 15 is 0 Å². The van der Waals surface area contributed by atoms with E-state index in [9.17, 15) is 13.2 Å². The zero-order valence-electron chi connectivity index (χ0n) is 16.2. The molecule has 1 heterocycles. The predicted molar refractivity (Wildman–Crippen MR) is 114 cm³/mol. The molecule has 1 saturated heterocycles. The number of methoxy groups -OCH3 is 2. The minimum atomic E-state index is -3.75. The van der Waals surface area contributed by atoms with Crippen molar-refractivity contribution >= 4 is 37.5 Å². The summed E-state index contributed by atoms with van der Waals surface area (Å²) < 4.78 is 38.9. The molecule has 2 aromatic carbocycles. The smallest absolute Gasteiger partial charge is 0.243 e. The Hall–Kier alpha value is -2.10. The number of carbonyl (C=O) groups is 1. The molecule has 0 unspecified atom stereocenters. The molecule has 29 heavy (non-hydrogen) atoms. The van der Waals surface area contributed by atoms with Gasteiger partial charge in [-0.05, 0) is 49.2 Å². The van der Waals surface area contributed by atoms with E-state index in [1.54, 1.807) is 18.2 Å². The Morgan fingerprint density at radius 2 is 1.79 bits per heavy atom. The highest BCUT2D eigenvalue weighted by Crippen LogP contribution is 2.32. The van der Waals surface area contributed by atoms with Gasteiger partial charge >= 0.3 is 0 Å². The maximum absolute atomic E-state index is 13.1. The summed E-state index contributed by atoms with van der Waals surface area (Å²) in [6.07, 6.45) is 1.26. The van der Waals surface area contributed by atoms with Crippen LogP contribution in [0.1, 0.15) is 12.8 Å². The van der Waals surface area contributed by atoms with E-state index in [-0.39, 0.29) is 17.3 Å². The lowest BCUT2D eigenvalue weighted by atomic mass is 9.99. The molecule has 1 atom stereocenters. The molecule has 1 N–H and O–H groups in total. The molecule has 9 heteroatoms. The standard InChI is InChI=1S/C20H23BrN2O5S/c1-27-18-10-9-17(12-19(18)28-2)29(25,26)23-11-3-4-14(13-23)20(24)22-16-7-5-15(21)6-8-16/h5-10,12,14H,3-4,11,13H2,1-2H3,(H,22,24)/t14-/m0/s1. The molecule has 1 aliphatic rings. The van der Waals surface area contributed by atoms with Crippen LogP contribution in [-0.2, 0) is 14.8 Å². The monoisotopic (exact) mass is 482 g/mol. The fourth-order valence-corrected chi connectivity index (χ4v) is 5.08. The molecule has 0 aliphatic carbocycles. The molecular formula is C20H23BrN2O5S. The van der Waals surface area contributed by atoms with Crippen molar-refractivity contribution in [2.45, 2.75) is 17.7 Å². The Morgan fingerprint density at radius 1 is 1.10 bits per heavy atom. The van der Waals surface area contributed by atoms with Crippen LogP contribution in [0.25, 0.3) is 0 Å². The zero-order chi connectivity index (χ0) is 21.0. The van der Waals surface area contributed by atoms with E-state index in [0.717, 1.165) is 4.47 Å². The third-order valence-electron chi connectivity index (χ3n) is 4.86. The first kappa shape index (κ1) is 21.6. The normalized spacial score (nSPS) is 17.6. The SMILES string of the molecule is COc1ccc(S(=O)(=O)N2CCC[C@H](C(=O)Nc3ccc(Br)cc3)C2)cc1OC. The van der Waals surface area contributed by atoms with Gasteiger partial charge in [-0.15, -0.1) is 0 Å². The highest BCUT2D eigenvalue weighted by molar-refractivity contribution is 9.10. The Morgan fingerprint density at radius 3 is 2.45 bits per heavy atom. The van der Waals surface area contributed by atoms with Crippen LogP contribution < -0.4 is 14.8 Å². The van der Waals surface area contributed by atoms with Crippen LogP contribution in [0.2, 0.25) is 0 Å². The largest absolute Gasteiger partial charge is 0.493 e. The number of hydrogen-bond acceptors (Lipinski definition) is 5. The summed E-state index contributed by atoms with van der Waals surface area (Å²) in [5.74, 6) is 0.203. The summed E-state index contributed by atoms with van der Waals surface area (Å²) in [4.78, 5) is 12.8. The number of rotatable bonds is 6. The molecule has 0 saturated carbocycles. The third kappa shape index (κ3) is 4.91. The highest BCUT2D eigenvalue weighted by atomic mass is 79.9. The second kappa shape index (κ2) is 9.15. The number of nitrogens with zero attached hydrogens (tertiary/aromatic N) is 1. The molecule has 0 radical (unpaired) electrons. The number of amides is 1. The van der Waals surface area contributed by atoms with Gasteiger partial charge in [0.05, 0.1) is 25.0 Å². The first-order valence-electron chi connectivity index (χ1n) is 9.13. The first-order valence-corrected chi connectivity index (χ1v) is 11.4. The lowest BCUT2D eigenvalue weighted by Crippen LogP contribution is -2.43. The lowest BCUT2D eigenvalue weighted by molar-refractivity contribution is -0.120. The van der Waals surface area contributed by atoms with Gasteiger partial charge in [0.25, 0.3) is 0 Å². The molecule has 1 amide bonds. The average Bonchev–Trinajstić information content (AvgIpc) is 2.74. The van der Waals surface area contributed by atoms with Crippen molar-refractivity contribution in [2.24, 2.45) is 5.92 Å². The van der Waals surface area contributed by atoms with Gasteiger partial charge in [0.1, 0.15) is 0 Å². The minimum absolute atomic E-state index is 0.115. The van der Waals surface area contributed by atoms with Crippen molar-refractivity contribution in [1.29, 1.82) is 0 Å². The average molecular weight is 483 g/mol. The van der Waals surface area contributed by atoms with Crippen LogP contribution in [0.15, 0.2) is 51.8 Å². The molecule has 3 rings (SSSR count). The quantitative estimate of drug-likeness (QED) is 0.680. The van der Waals surface area contributed by atoms with E-state index in [4.69, 9.17) is 9.47 Å². The Kier molecular flexibility index (Phi) is 6.81. The molecule has 0 bridgehead atoms. The predicted octanol–water partition coefficient (Wildman–Crippen LogP) is 3.51. The maximum Gasteiger partial charge on any atom is 0.243 e. The van der Waals surface area contributed by atoms with Crippen molar-refractivity contribution < 1.29 is 22.7 Å². The number of ether oxygens (including phenoxy) is 2. The molecule has 1 fully saturated rings. The van der Waals surface area contributed by atoms with Crippen LogP contribution in [-0.4, -0.2) is 45.9 Å². The van der Waals surface area contributed by atoms with Gasteiger partial charge in [-0.2, -0.15) is 4.31 Å². The molecule has 0 spiro atoms. The number of hydrogen-bond donors (Lipinski definition) is 1. The Balaban J connectivity index is 1.75. The Bertz CT molecular complexity index is 979. The van der Waals surface area contributed by atoms with Crippen LogP contribution in [0.3, 0.4) is 0 Å². The molecule has 7 nitrogen and oxygen atoms in total. The van der Waals surface area contributed by atoms with E-state index in [1.807, 2.05) is 12.1 Å². The van der Waals surface area contributed by atoms with Gasteiger partial charge < -0.3 is 14.8 Å². The minimum Gasteiger partial charge on any atom is -0.493 e. The highest BCUT2D eigenvalue weighted by Gasteiger charge is 2.33. The number of sulfonamides is 1. The Labute approximate surface area is 179 Å². The lowest BCUT2D eigenvalue weighted by Gasteiger charge is -2.31. The summed E-state index contributed by atoms with van der Waals surface area (Å²) in [7, 11) is -0.806. The molecule has 156 valence electrons. The zero-order valence-corrected chi connectivity index (χ0v) is 18.6. The van der Waals surface area contributed by atoms with Crippen LogP contribution in [0.4, 0.5) is 5.69 Å². The van der Waals surface area contributed by atoms with Crippen molar-refractivity contribution in [3.63, 3.8) is 0 Å². The first-order chi connectivity index (χ1) is 13.8. The van der Waals surface area contributed by atoms with Crippen molar-refractivity contribution in [3.8, 4) is 11.5 Å². The summed E-state index contributed by atoms with van der Waals surface area (Å²) >= 11 is 3.36. The number of benzene rings is 2. The number of anilines is 1. The number of halogens is 1. The summed E-state index contributed by atoms with van der Waals surface area (Å²) in [5.41, 5.74) is 0.679. The molecule has 1 aliphatic heterocycles. The molecular weight excluding hydrogens is 460 g/mol. The van der Waals surface area contributed by atoms with E-state index in [2.05, 4.69) is 21.2 Å². The second-order valence-corrected chi connectivity index (χ2v) is 9.57. The van der Waals surface area contributed by atoms with Crippen molar-refractivity contribution in [1.82, 2.24) is 4.31 Å². The van der Waals surface area contributed by atoms with E-state index < -0.39 is 15.9 Å². The van der Waals surface area contributed by atoms with E-state index in [0.29, 0.717) is 36.6 Å². The van der Waals surface area contributed by atoms with Gasteiger partial charge in [-0.1, -0.05) is 15.9 Å². The number of carbonyl (C=O) groups excluding carboxylic acids is 1. The van der Waals surface area contributed by atoms with Gasteiger partial charge in [-0.25, -0.2) is 8.42 Å². The van der Waals surface area contributed by atoms with Crippen LogP contribution in [0.5, 0.6) is 11.5 Å². The topological polar surface area (TPSA) is 84.9 Å². The van der Waals surface area contributed by atoms with Gasteiger partial charge in [0.15, 0.2) is 11.5 Å². The maximum atomic E-state index is 13.1. The molecule has 0 aromatic heterocycles. The summed E-state index contributed by atoms with van der Waals surface area (Å²) in [5, 5.41) is 2.87. The van der Waals surface area contributed by atoms with Gasteiger partial charge in [0.2, 0.25) is 15.9 Å². The van der Waals surface area contributed by atoms with E-state index in [1.165, 1.54) is 30.7 Å². The molecule has 2 aromatic rings. The number of piperidine rings is 1. The number of nitrogens with one attached hydrogen (secondary N) is 1. The fourth-order valence-electron chi connectivity index (χ4n) is 3.28. The van der Waals surface area contributed by atoms with Crippen molar-refractivity contribution in [3.05, 3.63) is 46.9 Å². The van der Waals surface area contributed by atoms with Crippen LogP contribution in [0, 0.1) is 5.92 Å². The second-order valence-electron chi connectivity index (χ2n) is 6.72. The van der Waals surface area contributed by atoms with Crippen LogP contribution >= 0.6 is 15.9 Å². The fraction of sp³-hybridized carbons (Fsp3) is 0.350. The summed E-state index contributed by atoms with van der Waals surface area (Å²) in [6, 6.07) is 11.8. The summed E-state index contributed by atoms with van der Waals surface area (Å²) in [6.45, 7) is 0.512. The van der Waals surface area contributed by atoms with Gasteiger partial charge in [-0.3, -0.25) is 4.79 Å². The third-order valence-corrected chi connectivity index (χ3v) is 7.25. The van der Waals surface area contributed by atoms with Crippen molar-refractivity contribution in [2.75, 3.05) is 32.6 Å².